The smallest absolute Gasteiger partial charge is 0.283 e. The molecule has 1 aromatic carbocycles. The third-order valence-corrected chi connectivity index (χ3v) is 4.14. The van der Waals surface area contributed by atoms with E-state index in [2.05, 4.69) is 30.5 Å². The maximum atomic E-state index is 12.1. The maximum Gasteiger partial charge on any atom is 0.283 e. The summed E-state index contributed by atoms with van der Waals surface area (Å²) in [6.07, 6.45) is 1.72. The molecule has 3 aromatic rings. The number of nitrogens with one attached hydrogen (secondary N) is 2. The quantitative estimate of drug-likeness (QED) is 0.360. The summed E-state index contributed by atoms with van der Waals surface area (Å²) in [5.41, 5.74) is 4.02. The van der Waals surface area contributed by atoms with Gasteiger partial charge in [-0.1, -0.05) is 12.1 Å². The van der Waals surface area contributed by atoms with Crippen molar-refractivity contribution in [2.45, 2.75) is 0 Å². The van der Waals surface area contributed by atoms with Gasteiger partial charge in [-0.05, 0) is 6.07 Å². The van der Waals surface area contributed by atoms with E-state index < -0.39 is 5.91 Å². The van der Waals surface area contributed by atoms with Crippen LogP contribution in [0.15, 0.2) is 30.5 Å². The Labute approximate surface area is 143 Å². The fraction of sp³-hybridized carbons (Fsp3) is 0.250. The van der Waals surface area contributed by atoms with Crippen molar-refractivity contribution in [3.05, 3.63) is 36.2 Å². The maximum absolute atomic E-state index is 12.1. The number of carbonyl (C=O) groups excluding carboxylic acids is 1. The number of hydrogen-bond donors (Lipinski definition) is 3. The van der Waals surface area contributed by atoms with E-state index in [0.717, 1.165) is 16.5 Å². The van der Waals surface area contributed by atoms with Crippen LogP contribution in [-0.2, 0) is 4.74 Å². The number of nitrogens with two attached hydrogens (primary N) is 1. The highest BCUT2D eigenvalue weighted by Crippen LogP contribution is 2.27. The number of ether oxygens (including phenoxy) is 1. The highest BCUT2D eigenvalue weighted by molar-refractivity contribution is 5.95. The molecule has 9 heteroatoms. The summed E-state index contributed by atoms with van der Waals surface area (Å²) in [5, 5.41) is 7.88. The first-order valence-electron chi connectivity index (χ1n) is 7.91. The predicted octanol–water partition coefficient (Wildman–Crippen LogP) is 0.460. The van der Waals surface area contributed by atoms with Crippen LogP contribution in [0.1, 0.15) is 10.5 Å². The molecule has 0 spiro atoms. The summed E-state index contributed by atoms with van der Waals surface area (Å²) in [6.45, 7) is 2.65. The summed E-state index contributed by atoms with van der Waals surface area (Å²) < 4.78 is 5.39. The third-order valence-electron chi connectivity index (χ3n) is 4.14. The van der Waals surface area contributed by atoms with Gasteiger partial charge in [-0.2, -0.15) is 5.10 Å². The number of nitrogen functional groups attached to an aromatic ring is 1. The molecule has 25 heavy (non-hydrogen) atoms. The molecule has 0 radical (unpaired) electrons. The molecule has 1 fully saturated rings. The fourth-order valence-corrected chi connectivity index (χ4v) is 2.86. The third kappa shape index (κ3) is 2.90. The second-order valence-corrected chi connectivity index (χ2v) is 5.64. The summed E-state index contributed by atoms with van der Waals surface area (Å²) in [4.78, 5) is 23.2. The Morgan fingerprint density at radius 2 is 2.12 bits per heavy atom. The topological polar surface area (TPSA) is 122 Å². The minimum absolute atomic E-state index is 0.217. The number of benzene rings is 1. The van der Waals surface area contributed by atoms with Crippen LogP contribution in [-0.4, -0.2) is 52.4 Å². The van der Waals surface area contributed by atoms with Crippen LogP contribution in [0.2, 0.25) is 0 Å². The summed E-state index contributed by atoms with van der Waals surface area (Å²) in [5.74, 6) is 5.95. The van der Waals surface area contributed by atoms with Crippen molar-refractivity contribution in [2.24, 2.45) is 5.84 Å². The predicted molar refractivity (Wildman–Crippen MR) is 91.8 cm³/mol. The lowest BCUT2D eigenvalue weighted by atomic mass is 10.1. The van der Waals surface area contributed by atoms with Crippen LogP contribution in [0.3, 0.4) is 0 Å². The van der Waals surface area contributed by atoms with Crippen LogP contribution in [0.4, 0.5) is 5.82 Å². The lowest BCUT2D eigenvalue weighted by molar-refractivity contribution is 0.0948. The van der Waals surface area contributed by atoms with Crippen molar-refractivity contribution in [1.82, 2.24) is 25.6 Å². The molecule has 1 aliphatic heterocycles. The Morgan fingerprint density at radius 3 is 2.92 bits per heavy atom. The number of hydrogen-bond acceptors (Lipinski definition) is 7. The van der Waals surface area contributed by atoms with Crippen molar-refractivity contribution in [3.63, 3.8) is 0 Å². The second-order valence-electron chi connectivity index (χ2n) is 5.64. The van der Waals surface area contributed by atoms with E-state index in [1.807, 2.05) is 18.2 Å². The average Bonchev–Trinajstić information content (AvgIpc) is 3.16. The number of nitrogens with zero attached hydrogens (tertiary/aromatic N) is 4. The molecule has 0 saturated carbocycles. The first kappa shape index (κ1) is 15.5. The number of amides is 1. The van der Waals surface area contributed by atoms with E-state index in [0.29, 0.717) is 37.9 Å². The molecule has 0 aliphatic carbocycles. The number of rotatable bonds is 3. The van der Waals surface area contributed by atoms with Gasteiger partial charge in [-0.3, -0.25) is 15.3 Å². The van der Waals surface area contributed by atoms with Gasteiger partial charge in [0.1, 0.15) is 11.5 Å². The Bertz CT molecular complexity index is 918. The highest BCUT2D eigenvalue weighted by atomic mass is 16.5. The zero-order valence-corrected chi connectivity index (χ0v) is 13.4. The monoisotopic (exact) mass is 339 g/mol. The van der Waals surface area contributed by atoms with Crippen LogP contribution in [0, 0.1) is 0 Å². The molecule has 4 rings (SSSR count). The van der Waals surface area contributed by atoms with Gasteiger partial charge in [-0.15, -0.1) is 0 Å². The first-order valence-corrected chi connectivity index (χ1v) is 7.91. The lowest BCUT2D eigenvalue weighted by Gasteiger charge is -2.28. The largest absolute Gasteiger partial charge is 0.378 e. The molecule has 128 valence electrons. The Morgan fingerprint density at radius 1 is 1.28 bits per heavy atom. The fourth-order valence-electron chi connectivity index (χ4n) is 2.86. The summed E-state index contributed by atoms with van der Waals surface area (Å²) in [7, 11) is 0. The summed E-state index contributed by atoms with van der Waals surface area (Å²) >= 11 is 0. The van der Waals surface area contributed by atoms with Crippen LogP contribution >= 0.6 is 0 Å². The SMILES string of the molecule is NNC(=O)c1cc(N2CCOCC2)nc(-c2cccc3[nH]ncc23)n1. The number of hydrazine groups is 1. The van der Waals surface area contributed by atoms with Gasteiger partial charge in [0.05, 0.1) is 24.9 Å². The van der Waals surface area contributed by atoms with Crippen molar-refractivity contribution in [2.75, 3.05) is 31.2 Å². The standard InChI is InChI=1S/C16H17N7O2/c17-21-16(24)13-8-14(23-4-6-25-7-5-23)20-15(19-13)10-2-1-3-12-11(10)9-18-22-12/h1-3,8-9H,4-7,17H2,(H,18,22)(H,21,24). The first-order chi connectivity index (χ1) is 12.3. The zero-order valence-electron chi connectivity index (χ0n) is 13.4. The molecule has 0 bridgehead atoms. The molecule has 1 amide bonds. The van der Waals surface area contributed by atoms with Gasteiger partial charge >= 0.3 is 0 Å². The van der Waals surface area contributed by atoms with Gasteiger partial charge in [0, 0.05) is 30.1 Å². The average molecular weight is 339 g/mol. The van der Waals surface area contributed by atoms with E-state index >= 15 is 0 Å². The number of anilines is 1. The molecular weight excluding hydrogens is 322 g/mol. The van der Waals surface area contributed by atoms with Crippen molar-refractivity contribution in [1.29, 1.82) is 0 Å². The number of H-pyrrole nitrogens is 1. The molecule has 0 atom stereocenters. The van der Waals surface area contributed by atoms with E-state index in [1.165, 1.54) is 0 Å². The highest BCUT2D eigenvalue weighted by Gasteiger charge is 2.19. The number of morpholine rings is 1. The van der Waals surface area contributed by atoms with Crippen LogP contribution in [0.25, 0.3) is 22.3 Å². The minimum Gasteiger partial charge on any atom is -0.378 e. The molecule has 2 aromatic heterocycles. The van der Waals surface area contributed by atoms with E-state index in [1.54, 1.807) is 12.3 Å². The van der Waals surface area contributed by atoms with E-state index in [4.69, 9.17) is 10.6 Å². The number of fused-ring (bicyclic) bond motifs is 1. The number of aromatic amines is 1. The zero-order chi connectivity index (χ0) is 17.2. The normalized spacial score (nSPS) is 14.7. The van der Waals surface area contributed by atoms with Gasteiger partial charge < -0.3 is 9.64 Å². The molecular formula is C16H17N7O2. The molecule has 1 aliphatic rings. The van der Waals surface area contributed by atoms with Crippen molar-refractivity contribution < 1.29 is 9.53 Å². The van der Waals surface area contributed by atoms with Gasteiger partial charge in [-0.25, -0.2) is 15.8 Å². The molecule has 0 unspecified atom stereocenters. The van der Waals surface area contributed by atoms with Crippen LogP contribution < -0.4 is 16.2 Å². The van der Waals surface area contributed by atoms with Gasteiger partial charge in [0.25, 0.3) is 5.91 Å². The minimum atomic E-state index is -0.461. The Hall–Kier alpha value is -3.04. The van der Waals surface area contributed by atoms with Crippen molar-refractivity contribution in [3.8, 4) is 11.4 Å². The molecule has 3 heterocycles. The lowest BCUT2D eigenvalue weighted by Crippen LogP contribution is -2.37. The van der Waals surface area contributed by atoms with Gasteiger partial charge in [0.2, 0.25) is 0 Å². The molecule has 1 saturated heterocycles. The Balaban J connectivity index is 1.86. The molecule has 4 N–H and O–H groups in total. The van der Waals surface area contributed by atoms with Crippen LogP contribution in [0.5, 0.6) is 0 Å². The Kier molecular flexibility index (Phi) is 4.00. The summed E-state index contributed by atoms with van der Waals surface area (Å²) in [6, 6.07) is 7.36. The van der Waals surface area contributed by atoms with E-state index in [-0.39, 0.29) is 5.69 Å². The van der Waals surface area contributed by atoms with Gasteiger partial charge in [0.15, 0.2) is 5.82 Å². The molecule has 9 nitrogen and oxygen atoms in total. The number of carbonyl (C=O) groups is 1. The second kappa shape index (κ2) is 6.46. The van der Waals surface area contributed by atoms with E-state index in [9.17, 15) is 4.79 Å². The number of aromatic nitrogens is 4. The van der Waals surface area contributed by atoms with Crippen molar-refractivity contribution >= 4 is 22.6 Å².